The zero-order valence-corrected chi connectivity index (χ0v) is 16.3. The predicted octanol–water partition coefficient (Wildman–Crippen LogP) is 2.53. The summed E-state index contributed by atoms with van der Waals surface area (Å²) in [6.45, 7) is 3.07. The minimum absolute atomic E-state index is 0.0708. The second-order valence-electron chi connectivity index (χ2n) is 6.50. The number of hydrogen-bond acceptors (Lipinski definition) is 6. The lowest BCUT2D eigenvalue weighted by Crippen LogP contribution is -2.49. The molecule has 0 saturated carbocycles. The number of aromatic hydroxyl groups is 1. The minimum Gasteiger partial charge on any atom is -0.508 e. The lowest BCUT2D eigenvalue weighted by Gasteiger charge is -2.36. The fourth-order valence-corrected chi connectivity index (χ4v) is 3.23. The van der Waals surface area contributed by atoms with Gasteiger partial charge in [0, 0.05) is 38.3 Å². The lowest BCUT2D eigenvalue weighted by atomic mass is 10.2. The molecule has 0 atom stereocenters. The Morgan fingerprint density at radius 3 is 2.46 bits per heavy atom. The summed E-state index contributed by atoms with van der Waals surface area (Å²) in [4.78, 5) is 16.5. The van der Waals surface area contributed by atoms with Gasteiger partial charge in [-0.25, -0.2) is 0 Å². The number of carbonyl (C=O) groups is 1. The highest BCUT2D eigenvalue weighted by Gasteiger charge is 2.23. The number of phenols is 1. The van der Waals surface area contributed by atoms with E-state index >= 15 is 0 Å². The minimum atomic E-state index is 0.0708. The number of methoxy groups -OCH3 is 2. The Balaban J connectivity index is 1.49. The topological polar surface area (TPSA) is 71.5 Å². The quantitative estimate of drug-likeness (QED) is 0.789. The van der Waals surface area contributed by atoms with Gasteiger partial charge >= 0.3 is 0 Å². The van der Waals surface area contributed by atoms with Crippen molar-refractivity contribution in [2.75, 3.05) is 51.9 Å². The number of benzene rings is 2. The summed E-state index contributed by atoms with van der Waals surface area (Å²) in [6, 6.07) is 12.3. The Morgan fingerprint density at radius 1 is 1.00 bits per heavy atom. The highest BCUT2D eigenvalue weighted by Crippen LogP contribution is 2.32. The number of carbonyl (C=O) groups excluding carboxylic acids is 1. The molecule has 1 saturated heterocycles. The van der Waals surface area contributed by atoms with E-state index in [0.717, 1.165) is 30.3 Å². The zero-order chi connectivity index (χ0) is 19.9. The summed E-state index contributed by atoms with van der Waals surface area (Å²) < 4.78 is 16.3. The van der Waals surface area contributed by atoms with Crippen LogP contribution in [0.4, 0.5) is 5.69 Å². The van der Waals surface area contributed by atoms with Crippen LogP contribution >= 0.6 is 0 Å². The van der Waals surface area contributed by atoms with E-state index < -0.39 is 0 Å². The number of phenolic OH excluding ortho intramolecular Hbond substituents is 1. The van der Waals surface area contributed by atoms with Gasteiger partial charge in [-0.2, -0.15) is 0 Å². The third kappa shape index (κ3) is 4.79. The van der Waals surface area contributed by atoms with Crippen molar-refractivity contribution in [2.45, 2.75) is 6.42 Å². The smallest absolute Gasteiger partial charge is 0.226 e. The molecule has 1 aliphatic heterocycles. The lowest BCUT2D eigenvalue weighted by molar-refractivity contribution is -0.132. The van der Waals surface area contributed by atoms with Gasteiger partial charge < -0.3 is 29.1 Å². The van der Waals surface area contributed by atoms with Crippen molar-refractivity contribution in [3.05, 3.63) is 42.5 Å². The fourth-order valence-electron chi connectivity index (χ4n) is 3.23. The van der Waals surface area contributed by atoms with Gasteiger partial charge in [-0.15, -0.1) is 0 Å². The highest BCUT2D eigenvalue weighted by molar-refractivity contribution is 5.76. The molecule has 2 aromatic carbocycles. The van der Waals surface area contributed by atoms with Crippen LogP contribution in [0.2, 0.25) is 0 Å². The van der Waals surface area contributed by atoms with Crippen molar-refractivity contribution < 1.29 is 24.1 Å². The van der Waals surface area contributed by atoms with E-state index in [0.29, 0.717) is 25.3 Å². The second-order valence-corrected chi connectivity index (χ2v) is 6.50. The standard InChI is InChI=1S/C21H26N2O5/c1-26-17-6-7-19(20(15-17)27-2)22-9-11-23(12-10-22)21(25)8-13-28-18-5-3-4-16(24)14-18/h3-7,14-15,24H,8-13H2,1-2H3. The van der Waals surface area contributed by atoms with Gasteiger partial charge in [0.05, 0.1) is 32.9 Å². The van der Waals surface area contributed by atoms with Crippen molar-refractivity contribution in [1.82, 2.24) is 4.90 Å². The van der Waals surface area contributed by atoms with E-state index in [1.807, 2.05) is 23.1 Å². The van der Waals surface area contributed by atoms with Gasteiger partial charge in [-0.3, -0.25) is 4.79 Å². The Hall–Kier alpha value is -3.09. The predicted molar refractivity (Wildman–Crippen MR) is 107 cm³/mol. The molecule has 7 heteroatoms. The zero-order valence-electron chi connectivity index (χ0n) is 16.3. The summed E-state index contributed by atoms with van der Waals surface area (Å²) in [5, 5.41) is 9.44. The molecule has 0 bridgehead atoms. The Labute approximate surface area is 165 Å². The van der Waals surface area contributed by atoms with Gasteiger partial charge in [0.15, 0.2) is 0 Å². The maximum absolute atomic E-state index is 12.4. The number of hydrogen-bond donors (Lipinski definition) is 1. The first-order valence-electron chi connectivity index (χ1n) is 9.27. The number of anilines is 1. The summed E-state index contributed by atoms with van der Waals surface area (Å²) in [7, 11) is 3.27. The van der Waals surface area contributed by atoms with Crippen molar-refractivity contribution >= 4 is 11.6 Å². The molecule has 1 N–H and O–H groups in total. The first kappa shape index (κ1) is 19.7. The van der Waals surface area contributed by atoms with E-state index in [-0.39, 0.29) is 18.3 Å². The molecule has 1 fully saturated rings. The molecule has 1 heterocycles. The third-order valence-electron chi connectivity index (χ3n) is 4.76. The average Bonchev–Trinajstić information content (AvgIpc) is 2.73. The molecule has 3 rings (SSSR count). The van der Waals surface area contributed by atoms with Crippen LogP contribution in [-0.4, -0.2) is 62.9 Å². The van der Waals surface area contributed by atoms with Crippen LogP contribution in [0.5, 0.6) is 23.0 Å². The fraction of sp³-hybridized carbons (Fsp3) is 0.381. The molecular formula is C21H26N2O5. The maximum atomic E-state index is 12.4. The summed E-state index contributed by atoms with van der Waals surface area (Å²) in [5.41, 5.74) is 1.00. The van der Waals surface area contributed by atoms with Crippen molar-refractivity contribution in [2.24, 2.45) is 0 Å². The summed E-state index contributed by atoms with van der Waals surface area (Å²) in [5.74, 6) is 2.29. The molecule has 28 heavy (non-hydrogen) atoms. The van der Waals surface area contributed by atoms with E-state index in [4.69, 9.17) is 14.2 Å². The third-order valence-corrected chi connectivity index (χ3v) is 4.76. The molecule has 150 valence electrons. The van der Waals surface area contributed by atoms with Crippen LogP contribution in [0.1, 0.15) is 6.42 Å². The molecule has 0 unspecified atom stereocenters. The molecule has 1 amide bonds. The Kier molecular flexibility index (Phi) is 6.47. The molecular weight excluding hydrogens is 360 g/mol. The van der Waals surface area contributed by atoms with Crippen LogP contribution in [0, 0.1) is 0 Å². The summed E-state index contributed by atoms with van der Waals surface area (Å²) in [6.07, 6.45) is 0.307. The van der Waals surface area contributed by atoms with Gasteiger partial charge in [0.2, 0.25) is 5.91 Å². The number of nitrogens with zero attached hydrogens (tertiary/aromatic N) is 2. The normalized spacial score (nSPS) is 13.9. The molecule has 0 radical (unpaired) electrons. The average molecular weight is 386 g/mol. The van der Waals surface area contributed by atoms with Crippen molar-refractivity contribution in [1.29, 1.82) is 0 Å². The van der Waals surface area contributed by atoms with Gasteiger partial charge in [0.1, 0.15) is 23.0 Å². The molecule has 1 aliphatic rings. The first-order chi connectivity index (χ1) is 13.6. The molecule has 0 aromatic heterocycles. The monoisotopic (exact) mass is 386 g/mol. The van der Waals surface area contributed by atoms with Gasteiger partial charge in [0.25, 0.3) is 0 Å². The van der Waals surface area contributed by atoms with Crippen molar-refractivity contribution in [3.8, 4) is 23.0 Å². The van der Waals surface area contributed by atoms with Gasteiger partial charge in [-0.05, 0) is 24.3 Å². The summed E-state index contributed by atoms with van der Waals surface area (Å²) >= 11 is 0. The van der Waals surface area contributed by atoms with Crippen LogP contribution in [0.15, 0.2) is 42.5 Å². The van der Waals surface area contributed by atoms with E-state index in [1.54, 1.807) is 32.4 Å². The number of rotatable bonds is 7. The van der Waals surface area contributed by atoms with Crippen LogP contribution in [-0.2, 0) is 4.79 Å². The number of ether oxygens (including phenoxy) is 3. The molecule has 0 aliphatic carbocycles. The Morgan fingerprint density at radius 2 is 1.79 bits per heavy atom. The van der Waals surface area contributed by atoms with E-state index in [1.165, 1.54) is 6.07 Å². The van der Waals surface area contributed by atoms with Crippen molar-refractivity contribution in [3.63, 3.8) is 0 Å². The van der Waals surface area contributed by atoms with E-state index in [9.17, 15) is 9.90 Å². The van der Waals surface area contributed by atoms with Crippen LogP contribution in [0.25, 0.3) is 0 Å². The Bertz CT molecular complexity index is 803. The number of piperazine rings is 1. The highest BCUT2D eigenvalue weighted by atomic mass is 16.5. The largest absolute Gasteiger partial charge is 0.508 e. The van der Waals surface area contributed by atoms with Gasteiger partial charge in [-0.1, -0.05) is 6.07 Å². The number of amides is 1. The maximum Gasteiger partial charge on any atom is 0.226 e. The van der Waals surface area contributed by atoms with Crippen LogP contribution in [0.3, 0.4) is 0 Å². The second kappa shape index (κ2) is 9.21. The molecule has 2 aromatic rings. The molecule has 7 nitrogen and oxygen atoms in total. The SMILES string of the molecule is COc1ccc(N2CCN(C(=O)CCOc3cccc(O)c3)CC2)c(OC)c1. The first-order valence-corrected chi connectivity index (χ1v) is 9.27. The van der Waals surface area contributed by atoms with Crippen LogP contribution < -0.4 is 19.1 Å². The molecule has 0 spiro atoms. The van der Waals surface area contributed by atoms with E-state index in [2.05, 4.69) is 4.90 Å².